The summed E-state index contributed by atoms with van der Waals surface area (Å²) < 4.78 is 0. The van der Waals surface area contributed by atoms with E-state index in [9.17, 15) is 9.59 Å². The Labute approximate surface area is 151 Å². The zero-order valence-electron chi connectivity index (χ0n) is 13.6. The Hall–Kier alpha value is -2.04. The minimum Gasteiger partial charge on any atom is -0.335 e. The predicted molar refractivity (Wildman–Crippen MR) is 97.7 cm³/mol. The summed E-state index contributed by atoms with van der Waals surface area (Å²) >= 11 is 12.1. The zero-order valence-corrected chi connectivity index (χ0v) is 15.2. The molecular formula is C18H18Cl2N2O2. The molecule has 2 rings (SSSR count). The van der Waals surface area contributed by atoms with Crippen molar-refractivity contribution in [2.75, 3.05) is 12.4 Å². The molecule has 2 aromatic carbocycles. The third-order valence-electron chi connectivity index (χ3n) is 3.77. The van der Waals surface area contributed by atoms with Gasteiger partial charge in [-0.05, 0) is 48.9 Å². The van der Waals surface area contributed by atoms with E-state index >= 15 is 0 Å². The Bertz CT molecular complexity index is 760. The summed E-state index contributed by atoms with van der Waals surface area (Å²) in [7, 11) is 1.72. The molecule has 4 nitrogen and oxygen atoms in total. The van der Waals surface area contributed by atoms with Crippen molar-refractivity contribution in [2.45, 2.75) is 19.9 Å². The van der Waals surface area contributed by atoms with Crippen LogP contribution in [0.5, 0.6) is 0 Å². The summed E-state index contributed by atoms with van der Waals surface area (Å²) in [5, 5.41) is 3.75. The van der Waals surface area contributed by atoms with Crippen molar-refractivity contribution in [3.63, 3.8) is 0 Å². The lowest BCUT2D eigenvalue weighted by molar-refractivity contribution is -0.114. The number of carbonyl (C=O) groups is 2. The summed E-state index contributed by atoms with van der Waals surface area (Å²) in [5.41, 5.74) is 2.01. The van der Waals surface area contributed by atoms with E-state index in [1.54, 1.807) is 48.3 Å². The minimum absolute atomic E-state index is 0.136. The third-order valence-corrected chi connectivity index (χ3v) is 4.33. The fourth-order valence-corrected chi connectivity index (χ4v) is 2.89. The molecule has 126 valence electrons. The second-order valence-electron chi connectivity index (χ2n) is 5.52. The topological polar surface area (TPSA) is 49.4 Å². The largest absolute Gasteiger partial charge is 0.335 e. The molecule has 0 aromatic heterocycles. The third kappa shape index (κ3) is 4.28. The van der Waals surface area contributed by atoms with Gasteiger partial charge in [-0.1, -0.05) is 29.3 Å². The van der Waals surface area contributed by atoms with E-state index < -0.39 is 0 Å². The highest BCUT2D eigenvalue weighted by Gasteiger charge is 2.20. The van der Waals surface area contributed by atoms with Crippen LogP contribution in [0.1, 0.15) is 35.8 Å². The van der Waals surface area contributed by atoms with E-state index in [0.717, 1.165) is 5.56 Å². The first-order valence-corrected chi connectivity index (χ1v) is 8.15. The molecule has 2 amide bonds. The molecule has 0 aliphatic carbocycles. The van der Waals surface area contributed by atoms with E-state index in [4.69, 9.17) is 23.2 Å². The molecule has 6 heteroatoms. The molecule has 2 aromatic rings. The number of amides is 2. The Kier molecular flexibility index (Phi) is 5.86. The van der Waals surface area contributed by atoms with Gasteiger partial charge in [0.15, 0.2) is 0 Å². The lowest BCUT2D eigenvalue weighted by Crippen LogP contribution is -2.29. The van der Waals surface area contributed by atoms with Gasteiger partial charge in [0.1, 0.15) is 0 Å². The van der Waals surface area contributed by atoms with E-state index in [1.165, 1.54) is 6.92 Å². The number of benzene rings is 2. The first kappa shape index (κ1) is 18.3. The second-order valence-corrected chi connectivity index (χ2v) is 6.36. The summed E-state index contributed by atoms with van der Waals surface area (Å²) in [5.74, 6) is -0.292. The number of nitrogens with zero attached hydrogens (tertiary/aromatic N) is 1. The van der Waals surface area contributed by atoms with Gasteiger partial charge < -0.3 is 10.2 Å². The molecule has 0 aliphatic rings. The molecular weight excluding hydrogens is 347 g/mol. The Morgan fingerprint density at radius 2 is 1.71 bits per heavy atom. The van der Waals surface area contributed by atoms with Crippen molar-refractivity contribution in [1.82, 2.24) is 4.90 Å². The Morgan fingerprint density at radius 3 is 2.25 bits per heavy atom. The monoisotopic (exact) mass is 364 g/mol. The van der Waals surface area contributed by atoms with Crippen LogP contribution in [-0.4, -0.2) is 23.8 Å². The average molecular weight is 365 g/mol. The van der Waals surface area contributed by atoms with Crippen LogP contribution in [0.15, 0.2) is 42.5 Å². The lowest BCUT2D eigenvalue weighted by atomic mass is 10.1. The van der Waals surface area contributed by atoms with E-state index in [-0.39, 0.29) is 17.9 Å². The van der Waals surface area contributed by atoms with Gasteiger partial charge in [-0.3, -0.25) is 9.59 Å². The summed E-state index contributed by atoms with van der Waals surface area (Å²) in [4.78, 5) is 25.3. The van der Waals surface area contributed by atoms with E-state index in [2.05, 4.69) is 5.32 Å². The average Bonchev–Trinajstić information content (AvgIpc) is 2.53. The molecule has 1 N–H and O–H groups in total. The number of hydrogen-bond donors (Lipinski definition) is 1. The SMILES string of the molecule is CC(=O)Nc1ccc(C(=O)N(C)[C@H](C)c2ccc(Cl)cc2Cl)cc1. The second kappa shape index (κ2) is 7.69. The minimum atomic E-state index is -0.211. The number of carbonyl (C=O) groups excluding carboxylic acids is 2. The van der Waals surface area contributed by atoms with Crippen LogP contribution in [0.3, 0.4) is 0 Å². The Morgan fingerprint density at radius 1 is 1.08 bits per heavy atom. The maximum absolute atomic E-state index is 12.6. The van der Waals surface area contributed by atoms with Crippen molar-refractivity contribution in [3.8, 4) is 0 Å². The summed E-state index contributed by atoms with van der Waals surface area (Å²) in [6, 6.07) is 11.8. The normalized spacial score (nSPS) is 11.7. The lowest BCUT2D eigenvalue weighted by Gasteiger charge is -2.26. The van der Waals surface area contributed by atoms with Gasteiger partial charge in [0, 0.05) is 35.3 Å². The van der Waals surface area contributed by atoms with Crippen LogP contribution >= 0.6 is 23.2 Å². The zero-order chi connectivity index (χ0) is 17.9. The molecule has 0 unspecified atom stereocenters. The van der Waals surface area contributed by atoms with Crippen molar-refractivity contribution in [1.29, 1.82) is 0 Å². The molecule has 0 saturated heterocycles. The van der Waals surface area contributed by atoms with Crippen LogP contribution in [0, 0.1) is 0 Å². The molecule has 0 spiro atoms. The molecule has 0 fully saturated rings. The van der Waals surface area contributed by atoms with Crippen LogP contribution in [0.4, 0.5) is 5.69 Å². The highest BCUT2D eigenvalue weighted by atomic mass is 35.5. The van der Waals surface area contributed by atoms with Crippen LogP contribution in [0.2, 0.25) is 10.0 Å². The maximum Gasteiger partial charge on any atom is 0.254 e. The predicted octanol–water partition coefficient (Wildman–Crippen LogP) is 4.79. The van der Waals surface area contributed by atoms with Gasteiger partial charge in [0.2, 0.25) is 5.91 Å². The first-order valence-electron chi connectivity index (χ1n) is 7.39. The van der Waals surface area contributed by atoms with Crippen molar-refractivity contribution in [2.24, 2.45) is 0 Å². The van der Waals surface area contributed by atoms with Gasteiger partial charge >= 0.3 is 0 Å². The van der Waals surface area contributed by atoms with Gasteiger partial charge in [-0.25, -0.2) is 0 Å². The number of hydrogen-bond acceptors (Lipinski definition) is 2. The van der Waals surface area contributed by atoms with Gasteiger partial charge in [-0.2, -0.15) is 0 Å². The van der Waals surface area contributed by atoms with Gasteiger partial charge in [0.05, 0.1) is 6.04 Å². The quantitative estimate of drug-likeness (QED) is 0.847. The van der Waals surface area contributed by atoms with E-state index in [0.29, 0.717) is 21.3 Å². The molecule has 0 bridgehead atoms. The number of halogens is 2. The molecule has 0 saturated carbocycles. The number of rotatable bonds is 4. The van der Waals surface area contributed by atoms with Crippen LogP contribution in [0.25, 0.3) is 0 Å². The molecule has 0 heterocycles. The van der Waals surface area contributed by atoms with Crippen molar-refractivity contribution >= 4 is 40.7 Å². The summed E-state index contributed by atoms with van der Waals surface area (Å²) in [6.45, 7) is 3.34. The number of nitrogens with one attached hydrogen (secondary N) is 1. The van der Waals surface area contributed by atoms with Crippen LogP contribution in [-0.2, 0) is 4.79 Å². The fraction of sp³-hybridized carbons (Fsp3) is 0.222. The highest BCUT2D eigenvalue weighted by molar-refractivity contribution is 6.35. The highest BCUT2D eigenvalue weighted by Crippen LogP contribution is 2.29. The smallest absolute Gasteiger partial charge is 0.254 e. The molecule has 24 heavy (non-hydrogen) atoms. The van der Waals surface area contributed by atoms with Crippen LogP contribution < -0.4 is 5.32 Å². The van der Waals surface area contributed by atoms with Gasteiger partial charge in [0.25, 0.3) is 5.91 Å². The van der Waals surface area contributed by atoms with Crippen molar-refractivity contribution < 1.29 is 9.59 Å². The Balaban J connectivity index is 2.17. The molecule has 1 atom stereocenters. The maximum atomic E-state index is 12.6. The first-order chi connectivity index (χ1) is 11.3. The van der Waals surface area contributed by atoms with Crippen molar-refractivity contribution in [3.05, 3.63) is 63.6 Å². The molecule has 0 aliphatic heterocycles. The van der Waals surface area contributed by atoms with Gasteiger partial charge in [-0.15, -0.1) is 0 Å². The van der Waals surface area contributed by atoms with E-state index in [1.807, 2.05) is 13.0 Å². The standard InChI is InChI=1S/C18H18Cl2N2O2/c1-11(16-9-6-14(19)10-17(16)20)22(3)18(24)13-4-7-15(8-5-13)21-12(2)23/h4-11H,1-3H3,(H,21,23)/t11-/m1/s1. The number of anilines is 1. The fourth-order valence-electron chi connectivity index (χ4n) is 2.33. The molecule has 0 radical (unpaired) electrons. The summed E-state index contributed by atoms with van der Waals surface area (Å²) in [6.07, 6.45) is 0.